The number of urea groups is 1. The molecule has 0 bridgehead atoms. The first-order chi connectivity index (χ1) is 9.38. The molecule has 0 saturated carbocycles. The number of nitrogens with zero attached hydrogens (tertiary/aromatic N) is 1. The summed E-state index contributed by atoms with van der Waals surface area (Å²) in [6, 6.07) is -2.01. The van der Waals surface area contributed by atoms with Gasteiger partial charge >= 0.3 is 12.0 Å². The lowest BCUT2D eigenvalue weighted by Gasteiger charge is -2.22. The van der Waals surface area contributed by atoms with Gasteiger partial charge in [0.2, 0.25) is 5.91 Å². The van der Waals surface area contributed by atoms with Gasteiger partial charge in [0.15, 0.2) is 0 Å². The highest BCUT2D eigenvalue weighted by Gasteiger charge is 2.23. The minimum absolute atomic E-state index is 0.101. The van der Waals surface area contributed by atoms with Crippen molar-refractivity contribution in [2.45, 2.75) is 38.3 Å². The monoisotopic (exact) mass is 286 g/mol. The number of carbonyl (C=O) groups excluding carboxylic acids is 2. The standard InChI is InChI=1S/C12H22N4O4/c1-8(7-16-4-2-3-5-16)14-12(20)15-9(11(18)19)6-10(13)17/h8-9H,2-7H2,1H3,(H2,13,17)(H,18,19)(H2,14,15,20)/t8?,9-/m0/s1. The Morgan fingerprint density at radius 1 is 1.25 bits per heavy atom. The number of likely N-dealkylation sites (tertiary alicyclic amines) is 1. The number of primary amides is 1. The van der Waals surface area contributed by atoms with Crippen molar-refractivity contribution in [3.8, 4) is 0 Å². The van der Waals surface area contributed by atoms with Crippen LogP contribution in [0.3, 0.4) is 0 Å². The summed E-state index contributed by atoms with van der Waals surface area (Å²) in [5.74, 6) is -2.06. The zero-order valence-corrected chi connectivity index (χ0v) is 11.6. The molecule has 0 aromatic rings. The number of carboxylic acids is 1. The fraction of sp³-hybridized carbons (Fsp3) is 0.750. The van der Waals surface area contributed by atoms with E-state index in [0.717, 1.165) is 19.6 Å². The predicted molar refractivity (Wildman–Crippen MR) is 72.0 cm³/mol. The van der Waals surface area contributed by atoms with Crippen LogP contribution in [0.2, 0.25) is 0 Å². The molecule has 1 rings (SSSR count). The molecule has 0 aliphatic carbocycles. The van der Waals surface area contributed by atoms with E-state index in [1.807, 2.05) is 6.92 Å². The Labute approximate surface area is 117 Å². The Bertz CT molecular complexity index is 368. The molecule has 0 spiro atoms. The summed E-state index contributed by atoms with van der Waals surface area (Å²) in [6.07, 6.45) is 1.90. The molecule has 1 aliphatic heterocycles. The van der Waals surface area contributed by atoms with Gasteiger partial charge in [-0.05, 0) is 32.9 Å². The number of carbonyl (C=O) groups is 3. The molecule has 1 aliphatic rings. The van der Waals surface area contributed by atoms with Crippen LogP contribution in [0.1, 0.15) is 26.2 Å². The van der Waals surface area contributed by atoms with Gasteiger partial charge in [-0.2, -0.15) is 0 Å². The zero-order valence-electron chi connectivity index (χ0n) is 11.6. The van der Waals surface area contributed by atoms with Crippen molar-refractivity contribution in [2.24, 2.45) is 5.73 Å². The van der Waals surface area contributed by atoms with Gasteiger partial charge in [0, 0.05) is 12.6 Å². The van der Waals surface area contributed by atoms with Gasteiger partial charge in [-0.15, -0.1) is 0 Å². The van der Waals surface area contributed by atoms with Crippen molar-refractivity contribution in [1.82, 2.24) is 15.5 Å². The first-order valence-electron chi connectivity index (χ1n) is 6.69. The third-order valence-electron chi connectivity index (χ3n) is 3.12. The number of amides is 3. The molecular formula is C12H22N4O4. The van der Waals surface area contributed by atoms with E-state index in [1.165, 1.54) is 12.8 Å². The molecule has 1 fully saturated rings. The van der Waals surface area contributed by atoms with E-state index in [9.17, 15) is 14.4 Å². The van der Waals surface area contributed by atoms with Crippen LogP contribution >= 0.6 is 0 Å². The molecule has 8 heteroatoms. The first-order valence-corrected chi connectivity index (χ1v) is 6.69. The summed E-state index contributed by atoms with van der Waals surface area (Å²) < 4.78 is 0. The smallest absolute Gasteiger partial charge is 0.326 e. The van der Waals surface area contributed by atoms with Crippen molar-refractivity contribution in [2.75, 3.05) is 19.6 Å². The highest BCUT2D eigenvalue weighted by molar-refractivity contribution is 5.87. The van der Waals surface area contributed by atoms with Crippen LogP contribution in [0, 0.1) is 0 Å². The number of rotatable bonds is 7. The lowest BCUT2D eigenvalue weighted by molar-refractivity contribution is -0.140. The summed E-state index contributed by atoms with van der Waals surface area (Å²) in [7, 11) is 0. The summed E-state index contributed by atoms with van der Waals surface area (Å²) in [6.45, 7) is 4.61. The Hall–Kier alpha value is -1.83. The summed E-state index contributed by atoms with van der Waals surface area (Å²) in [4.78, 5) is 35.5. The molecule has 114 valence electrons. The normalized spacial score (nSPS) is 18.2. The lowest BCUT2D eigenvalue weighted by atomic mass is 10.2. The fourth-order valence-electron chi connectivity index (χ4n) is 2.22. The molecule has 5 N–H and O–H groups in total. The topological polar surface area (TPSA) is 125 Å². The summed E-state index contributed by atoms with van der Waals surface area (Å²) >= 11 is 0. The van der Waals surface area contributed by atoms with Crippen molar-refractivity contribution < 1.29 is 19.5 Å². The van der Waals surface area contributed by atoms with E-state index >= 15 is 0 Å². The minimum Gasteiger partial charge on any atom is -0.480 e. The van der Waals surface area contributed by atoms with E-state index < -0.39 is 30.4 Å². The van der Waals surface area contributed by atoms with Crippen molar-refractivity contribution in [3.63, 3.8) is 0 Å². The summed E-state index contributed by atoms with van der Waals surface area (Å²) in [5.41, 5.74) is 4.94. The fourth-order valence-corrected chi connectivity index (χ4v) is 2.22. The van der Waals surface area contributed by atoms with E-state index in [-0.39, 0.29) is 6.04 Å². The molecule has 0 aromatic heterocycles. The number of aliphatic carboxylic acids is 1. The molecule has 0 aromatic carbocycles. The maximum absolute atomic E-state index is 11.7. The maximum atomic E-state index is 11.7. The molecule has 0 radical (unpaired) electrons. The van der Waals surface area contributed by atoms with Crippen LogP contribution in [-0.4, -0.2) is 59.6 Å². The molecule has 1 heterocycles. The van der Waals surface area contributed by atoms with Crippen LogP contribution in [0.4, 0.5) is 4.79 Å². The van der Waals surface area contributed by atoms with Crippen molar-refractivity contribution in [3.05, 3.63) is 0 Å². The van der Waals surface area contributed by atoms with Crippen LogP contribution in [0.15, 0.2) is 0 Å². The molecule has 20 heavy (non-hydrogen) atoms. The number of carboxylic acid groups (broad SMARTS) is 1. The number of nitrogens with two attached hydrogens (primary N) is 1. The Morgan fingerprint density at radius 3 is 2.35 bits per heavy atom. The van der Waals surface area contributed by atoms with Gasteiger partial charge in [0.25, 0.3) is 0 Å². The summed E-state index contributed by atoms with van der Waals surface area (Å²) in [5, 5.41) is 13.8. The minimum atomic E-state index is -1.30. The lowest BCUT2D eigenvalue weighted by Crippen LogP contribution is -2.51. The van der Waals surface area contributed by atoms with Crippen molar-refractivity contribution >= 4 is 17.9 Å². The van der Waals surface area contributed by atoms with Gasteiger partial charge in [0.05, 0.1) is 6.42 Å². The largest absolute Gasteiger partial charge is 0.480 e. The highest BCUT2D eigenvalue weighted by atomic mass is 16.4. The molecule has 2 atom stereocenters. The Morgan fingerprint density at radius 2 is 1.85 bits per heavy atom. The predicted octanol–water partition coefficient (Wildman–Crippen LogP) is -0.901. The zero-order chi connectivity index (χ0) is 15.1. The van der Waals surface area contributed by atoms with Gasteiger partial charge in [-0.3, -0.25) is 4.79 Å². The number of hydrogen-bond acceptors (Lipinski definition) is 4. The van der Waals surface area contributed by atoms with Gasteiger partial charge in [-0.1, -0.05) is 0 Å². The first kappa shape index (κ1) is 16.2. The molecule has 1 saturated heterocycles. The van der Waals surface area contributed by atoms with E-state index in [0.29, 0.717) is 0 Å². The van der Waals surface area contributed by atoms with Crippen LogP contribution < -0.4 is 16.4 Å². The molecule has 1 unspecified atom stereocenters. The molecular weight excluding hydrogens is 264 g/mol. The van der Waals surface area contributed by atoms with E-state index in [4.69, 9.17) is 10.8 Å². The average Bonchev–Trinajstić information content (AvgIpc) is 2.79. The van der Waals surface area contributed by atoms with Gasteiger partial charge < -0.3 is 26.4 Å². The Balaban J connectivity index is 2.36. The van der Waals surface area contributed by atoms with Crippen molar-refractivity contribution in [1.29, 1.82) is 0 Å². The second-order valence-electron chi connectivity index (χ2n) is 5.09. The third kappa shape index (κ3) is 5.87. The van der Waals surface area contributed by atoms with Gasteiger partial charge in [0.1, 0.15) is 6.04 Å². The molecule has 8 nitrogen and oxygen atoms in total. The quantitative estimate of drug-likeness (QED) is 0.482. The Kier molecular flexibility index (Phi) is 6.23. The molecule has 3 amide bonds. The second-order valence-corrected chi connectivity index (χ2v) is 5.09. The number of hydrogen-bond donors (Lipinski definition) is 4. The van der Waals surface area contributed by atoms with Crippen LogP contribution in [0.25, 0.3) is 0 Å². The third-order valence-corrected chi connectivity index (χ3v) is 3.12. The number of nitrogens with one attached hydrogen (secondary N) is 2. The van der Waals surface area contributed by atoms with Crippen LogP contribution in [-0.2, 0) is 9.59 Å². The van der Waals surface area contributed by atoms with Gasteiger partial charge in [-0.25, -0.2) is 9.59 Å². The maximum Gasteiger partial charge on any atom is 0.326 e. The average molecular weight is 286 g/mol. The van der Waals surface area contributed by atoms with E-state index in [1.54, 1.807) is 0 Å². The second kappa shape index (κ2) is 7.68. The SMILES string of the molecule is CC(CN1CCCC1)NC(=O)N[C@@H](CC(N)=O)C(=O)O. The van der Waals surface area contributed by atoms with E-state index in [2.05, 4.69) is 15.5 Å². The van der Waals surface area contributed by atoms with Crippen LogP contribution in [0.5, 0.6) is 0 Å². The highest BCUT2D eigenvalue weighted by Crippen LogP contribution is 2.07.